The number of fused-ring (bicyclic) bond motifs is 1. The van der Waals surface area contributed by atoms with Crippen LogP contribution in [0.3, 0.4) is 0 Å². The van der Waals surface area contributed by atoms with Crippen LogP contribution in [0.1, 0.15) is 0 Å². The smallest absolute Gasteiger partial charge is 0.229 e. The Bertz CT molecular complexity index is 1200. The van der Waals surface area contributed by atoms with Crippen molar-refractivity contribution in [1.29, 1.82) is 0 Å². The predicted molar refractivity (Wildman–Crippen MR) is 107 cm³/mol. The molecule has 3 aromatic rings. The van der Waals surface area contributed by atoms with E-state index in [-0.39, 0.29) is 33.8 Å². The Morgan fingerprint density at radius 2 is 1.72 bits per heavy atom. The van der Waals surface area contributed by atoms with Crippen LogP contribution in [0.4, 0.5) is 0 Å². The lowest BCUT2D eigenvalue weighted by Gasteiger charge is -2.19. The Morgan fingerprint density at radius 1 is 0.969 bits per heavy atom. The van der Waals surface area contributed by atoms with Crippen molar-refractivity contribution >= 4 is 11.0 Å². The molecule has 0 radical (unpaired) electrons. The van der Waals surface area contributed by atoms with E-state index in [0.717, 1.165) is 12.1 Å². The average molecular weight is 448 g/mol. The molecule has 1 aromatic heterocycles. The van der Waals surface area contributed by atoms with Gasteiger partial charge in [0.15, 0.2) is 16.9 Å². The SMILES string of the molecule is O=c1cc(-c2ccc(O)c(O)c2)oc2cc(O[C@H]3O[C@@H]([C@H](O)CO)[C@@H](O)[C@@H]3O)cc(O)c12. The van der Waals surface area contributed by atoms with Gasteiger partial charge < -0.3 is 49.6 Å². The van der Waals surface area contributed by atoms with Gasteiger partial charge in [0.05, 0.1) is 6.61 Å². The third-order valence-electron chi connectivity index (χ3n) is 5.12. The summed E-state index contributed by atoms with van der Waals surface area (Å²) >= 11 is 0. The molecule has 32 heavy (non-hydrogen) atoms. The summed E-state index contributed by atoms with van der Waals surface area (Å²) in [6.07, 6.45) is -7.32. The summed E-state index contributed by atoms with van der Waals surface area (Å²) in [4.78, 5) is 12.5. The summed E-state index contributed by atoms with van der Waals surface area (Å²) in [5.41, 5.74) is -0.393. The fraction of sp³-hybridized carbons (Fsp3) is 0.286. The highest BCUT2D eigenvalue weighted by atomic mass is 16.7. The lowest BCUT2D eigenvalue weighted by molar-refractivity contribution is -0.137. The van der Waals surface area contributed by atoms with Crippen LogP contribution >= 0.6 is 0 Å². The van der Waals surface area contributed by atoms with E-state index in [1.54, 1.807) is 0 Å². The van der Waals surface area contributed by atoms with Crippen LogP contribution in [-0.2, 0) is 4.74 Å². The van der Waals surface area contributed by atoms with Gasteiger partial charge in [-0.3, -0.25) is 4.79 Å². The minimum Gasteiger partial charge on any atom is -0.507 e. The first-order valence-corrected chi connectivity index (χ1v) is 9.50. The lowest BCUT2D eigenvalue weighted by atomic mass is 10.1. The van der Waals surface area contributed by atoms with Gasteiger partial charge in [0.25, 0.3) is 0 Å². The molecule has 11 nitrogen and oxygen atoms in total. The highest BCUT2D eigenvalue weighted by Gasteiger charge is 2.47. The second kappa shape index (κ2) is 8.30. The normalized spacial score (nSPS) is 24.0. The van der Waals surface area contributed by atoms with Gasteiger partial charge in [0.1, 0.15) is 52.6 Å². The zero-order valence-electron chi connectivity index (χ0n) is 16.3. The number of ether oxygens (including phenoxy) is 2. The van der Waals surface area contributed by atoms with Gasteiger partial charge in [-0.05, 0) is 18.2 Å². The second-order valence-electron chi connectivity index (χ2n) is 7.31. The molecule has 0 aliphatic carbocycles. The number of benzene rings is 2. The second-order valence-corrected chi connectivity index (χ2v) is 7.31. The standard InChI is InChI=1S/C21H20O11/c22-7-14(27)20-18(28)19(29)21(32-20)30-9-4-12(25)17-13(26)6-15(31-16(17)5-9)8-1-2-10(23)11(24)3-8/h1-6,14,18-25,27-29H,7H2/t14-,18+,19+,20+,21+/m1/s1. The maximum absolute atomic E-state index is 12.5. The third-order valence-corrected chi connectivity index (χ3v) is 5.12. The van der Waals surface area contributed by atoms with Crippen molar-refractivity contribution in [2.75, 3.05) is 6.61 Å². The van der Waals surface area contributed by atoms with Gasteiger partial charge in [-0.2, -0.15) is 0 Å². The summed E-state index contributed by atoms with van der Waals surface area (Å²) in [6, 6.07) is 7.26. The maximum Gasteiger partial charge on any atom is 0.229 e. The van der Waals surface area contributed by atoms with Gasteiger partial charge in [-0.1, -0.05) is 0 Å². The summed E-state index contributed by atoms with van der Waals surface area (Å²) in [6.45, 7) is -0.710. The monoisotopic (exact) mass is 448 g/mol. The molecule has 2 heterocycles. The van der Waals surface area contributed by atoms with Crippen molar-refractivity contribution in [3.05, 3.63) is 46.6 Å². The molecule has 4 rings (SSSR count). The minimum atomic E-state index is -1.57. The van der Waals surface area contributed by atoms with Gasteiger partial charge in [0.2, 0.25) is 6.29 Å². The molecular formula is C21H20O11. The highest BCUT2D eigenvalue weighted by Crippen LogP contribution is 2.35. The van der Waals surface area contributed by atoms with E-state index < -0.39 is 54.2 Å². The van der Waals surface area contributed by atoms with Gasteiger partial charge in [0, 0.05) is 23.8 Å². The Labute approximate surface area is 179 Å². The first kappa shape index (κ1) is 21.9. The molecule has 7 N–H and O–H groups in total. The van der Waals surface area contributed by atoms with E-state index in [2.05, 4.69) is 0 Å². The molecule has 5 atom stereocenters. The summed E-state index contributed by atoms with van der Waals surface area (Å²) in [7, 11) is 0. The molecule has 0 spiro atoms. The van der Waals surface area contributed by atoms with Crippen LogP contribution in [0, 0.1) is 0 Å². The molecule has 0 bridgehead atoms. The number of aliphatic hydroxyl groups excluding tert-OH is 4. The van der Waals surface area contributed by atoms with Crippen LogP contribution in [0.15, 0.2) is 45.6 Å². The van der Waals surface area contributed by atoms with Crippen molar-refractivity contribution in [1.82, 2.24) is 0 Å². The van der Waals surface area contributed by atoms with Crippen molar-refractivity contribution in [2.45, 2.75) is 30.7 Å². The molecule has 1 aliphatic heterocycles. The maximum atomic E-state index is 12.5. The van der Waals surface area contributed by atoms with Crippen molar-refractivity contribution in [3.63, 3.8) is 0 Å². The lowest BCUT2D eigenvalue weighted by Crippen LogP contribution is -2.40. The van der Waals surface area contributed by atoms with Crippen molar-refractivity contribution < 1.29 is 49.6 Å². The minimum absolute atomic E-state index is 0.0352. The quantitative estimate of drug-likeness (QED) is 0.255. The van der Waals surface area contributed by atoms with E-state index in [4.69, 9.17) is 19.0 Å². The molecule has 0 unspecified atom stereocenters. The molecule has 2 aromatic carbocycles. The molecular weight excluding hydrogens is 428 g/mol. The molecule has 0 saturated carbocycles. The van der Waals surface area contributed by atoms with Gasteiger partial charge in [-0.15, -0.1) is 0 Å². The Hall–Kier alpha value is -3.35. The summed E-state index contributed by atoms with van der Waals surface area (Å²) in [5.74, 6) is -1.30. The van der Waals surface area contributed by atoms with E-state index in [1.807, 2.05) is 0 Å². The van der Waals surface area contributed by atoms with Crippen molar-refractivity contribution in [3.8, 4) is 34.3 Å². The Balaban J connectivity index is 1.69. The topological polar surface area (TPSA) is 190 Å². The fourth-order valence-electron chi connectivity index (χ4n) is 3.46. The van der Waals surface area contributed by atoms with Crippen molar-refractivity contribution in [2.24, 2.45) is 0 Å². The first-order chi connectivity index (χ1) is 15.2. The number of phenols is 3. The van der Waals surface area contributed by atoms with E-state index in [0.29, 0.717) is 0 Å². The van der Waals surface area contributed by atoms with Crippen LogP contribution < -0.4 is 10.2 Å². The Kier molecular flexibility index (Phi) is 5.67. The number of hydrogen-bond donors (Lipinski definition) is 7. The zero-order chi connectivity index (χ0) is 23.2. The summed E-state index contributed by atoms with van der Waals surface area (Å²) in [5, 5.41) is 68.2. The number of hydrogen-bond acceptors (Lipinski definition) is 11. The third kappa shape index (κ3) is 3.83. The predicted octanol–water partition coefficient (Wildman–Crippen LogP) is -0.245. The average Bonchev–Trinajstić information content (AvgIpc) is 3.03. The molecule has 11 heteroatoms. The molecule has 170 valence electrons. The fourth-order valence-corrected chi connectivity index (χ4v) is 3.46. The number of phenolic OH excluding ortho intramolecular Hbond substituents is 3. The molecule has 1 saturated heterocycles. The van der Waals surface area contributed by atoms with E-state index in [1.165, 1.54) is 24.3 Å². The first-order valence-electron chi connectivity index (χ1n) is 9.50. The highest BCUT2D eigenvalue weighted by molar-refractivity contribution is 5.86. The summed E-state index contributed by atoms with van der Waals surface area (Å²) < 4.78 is 16.4. The van der Waals surface area contributed by atoms with E-state index >= 15 is 0 Å². The zero-order valence-corrected chi connectivity index (χ0v) is 16.3. The van der Waals surface area contributed by atoms with E-state index in [9.17, 15) is 35.4 Å². The van der Waals surface area contributed by atoms with Crippen LogP contribution in [0.25, 0.3) is 22.3 Å². The van der Waals surface area contributed by atoms with Crippen LogP contribution in [0.2, 0.25) is 0 Å². The number of aromatic hydroxyl groups is 3. The van der Waals surface area contributed by atoms with Gasteiger partial charge >= 0.3 is 0 Å². The van der Waals surface area contributed by atoms with Crippen LogP contribution in [0.5, 0.6) is 23.0 Å². The molecule has 1 aliphatic rings. The largest absolute Gasteiger partial charge is 0.507 e. The molecule has 0 amide bonds. The van der Waals surface area contributed by atoms with Crippen LogP contribution in [-0.4, -0.2) is 73.1 Å². The Morgan fingerprint density at radius 3 is 2.41 bits per heavy atom. The molecule has 1 fully saturated rings. The number of aliphatic hydroxyl groups is 4. The van der Waals surface area contributed by atoms with Gasteiger partial charge in [-0.25, -0.2) is 0 Å². The number of rotatable bonds is 5.